The topological polar surface area (TPSA) is 32.7 Å². The highest BCUT2D eigenvalue weighted by Gasteiger charge is 2.39. The van der Waals surface area contributed by atoms with Gasteiger partial charge in [-0.15, -0.1) is 0 Å². The molecule has 1 atom stereocenters. The fourth-order valence-corrected chi connectivity index (χ4v) is 4.20. The molecule has 0 aliphatic heterocycles. The summed E-state index contributed by atoms with van der Waals surface area (Å²) in [6.45, 7) is -0.738. The maximum Gasteiger partial charge on any atom is 0.417 e. The number of para-hydroxylation sites is 1. The Bertz CT molecular complexity index is 1370. The van der Waals surface area contributed by atoms with Gasteiger partial charge in [-0.3, -0.25) is 4.90 Å². The molecule has 0 fully saturated rings. The first-order chi connectivity index (χ1) is 18.5. The lowest BCUT2D eigenvalue weighted by molar-refractivity contribution is -0.208. The highest BCUT2D eigenvalue weighted by Crippen LogP contribution is 2.37. The van der Waals surface area contributed by atoms with Gasteiger partial charge < -0.3 is 9.84 Å². The third-order valence-corrected chi connectivity index (χ3v) is 5.97. The van der Waals surface area contributed by atoms with Crippen molar-refractivity contribution in [3.8, 4) is 22.6 Å². The number of nitrogens with zero attached hydrogens (tertiary/aromatic N) is 1. The molecule has 0 saturated heterocycles. The minimum absolute atomic E-state index is 0.0283. The number of alkyl halides is 6. The van der Waals surface area contributed by atoms with E-state index in [2.05, 4.69) is 0 Å². The summed E-state index contributed by atoms with van der Waals surface area (Å²) in [4.78, 5) is 1.40. The zero-order valence-corrected chi connectivity index (χ0v) is 20.6. The van der Waals surface area contributed by atoms with Gasteiger partial charge in [0.25, 0.3) is 0 Å². The van der Waals surface area contributed by atoms with Crippen molar-refractivity contribution in [2.45, 2.75) is 31.5 Å². The van der Waals surface area contributed by atoms with E-state index in [9.17, 15) is 31.4 Å². The van der Waals surface area contributed by atoms with Crippen molar-refractivity contribution in [2.75, 3.05) is 6.54 Å². The minimum atomic E-state index is -4.83. The summed E-state index contributed by atoms with van der Waals surface area (Å²) in [5.74, 6) is 1.08. The van der Waals surface area contributed by atoms with E-state index in [0.717, 1.165) is 6.07 Å². The third kappa shape index (κ3) is 7.84. The van der Waals surface area contributed by atoms with Crippen molar-refractivity contribution in [1.82, 2.24) is 4.90 Å². The SMILES string of the molecule is OC(CN(Cc1cccc(Oc2ccccc2)c1)Cc1cccc(-c2ccccc2C(F)(F)F)c1)C(F)(F)F. The third-order valence-electron chi connectivity index (χ3n) is 5.97. The van der Waals surface area contributed by atoms with Crippen LogP contribution in [0.1, 0.15) is 16.7 Å². The maximum atomic E-state index is 13.6. The van der Waals surface area contributed by atoms with Crippen LogP contribution < -0.4 is 4.74 Å². The van der Waals surface area contributed by atoms with E-state index in [-0.39, 0.29) is 24.2 Å². The molecule has 4 aromatic carbocycles. The van der Waals surface area contributed by atoms with Crippen LogP contribution in [0.3, 0.4) is 0 Å². The fraction of sp³-hybridized carbons (Fsp3) is 0.200. The van der Waals surface area contributed by atoms with E-state index in [1.807, 2.05) is 6.07 Å². The van der Waals surface area contributed by atoms with E-state index in [4.69, 9.17) is 4.74 Å². The molecule has 0 aliphatic rings. The first kappa shape index (κ1) is 28.2. The predicted octanol–water partition coefficient (Wildman–Crippen LogP) is 8.09. The molecule has 4 rings (SSSR count). The molecule has 0 saturated carbocycles. The van der Waals surface area contributed by atoms with Gasteiger partial charge in [0, 0.05) is 19.6 Å². The van der Waals surface area contributed by atoms with Crippen molar-refractivity contribution in [3.63, 3.8) is 0 Å². The smallest absolute Gasteiger partial charge is 0.417 e. The number of halogens is 6. The van der Waals surface area contributed by atoms with Gasteiger partial charge >= 0.3 is 12.4 Å². The summed E-state index contributed by atoms with van der Waals surface area (Å²) in [5.41, 5.74) is 0.586. The van der Waals surface area contributed by atoms with Crippen molar-refractivity contribution < 1.29 is 36.2 Å². The van der Waals surface area contributed by atoms with Gasteiger partial charge in [0.2, 0.25) is 0 Å². The molecular formula is C30H25F6NO2. The number of benzene rings is 4. The van der Waals surface area contributed by atoms with E-state index < -0.39 is 30.6 Å². The lowest BCUT2D eigenvalue weighted by atomic mass is 9.97. The Morgan fingerprint density at radius 3 is 1.92 bits per heavy atom. The van der Waals surface area contributed by atoms with Gasteiger partial charge in [0.1, 0.15) is 11.5 Å². The molecule has 0 aliphatic carbocycles. The Morgan fingerprint density at radius 1 is 0.667 bits per heavy atom. The van der Waals surface area contributed by atoms with E-state index >= 15 is 0 Å². The molecule has 0 aromatic heterocycles. The minimum Gasteiger partial charge on any atom is -0.457 e. The Hall–Kier alpha value is -3.82. The summed E-state index contributed by atoms with van der Waals surface area (Å²) in [5, 5.41) is 9.80. The van der Waals surface area contributed by atoms with E-state index in [1.165, 1.54) is 35.2 Å². The van der Waals surface area contributed by atoms with Crippen LogP contribution in [0.25, 0.3) is 11.1 Å². The average Bonchev–Trinajstić information content (AvgIpc) is 2.88. The van der Waals surface area contributed by atoms with Crippen LogP contribution in [-0.4, -0.2) is 28.8 Å². The Kier molecular flexibility index (Phi) is 8.62. The van der Waals surface area contributed by atoms with Crippen LogP contribution in [0, 0.1) is 0 Å². The first-order valence-corrected chi connectivity index (χ1v) is 12.0. The fourth-order valence-electron chi connectivity index (χ4n) is 4.20. The summed E-state index contributed by atoms with van der Waals surface area (Å²) >= 11 is 0. The van der Waals surface area contributed by atoms with E-state index in [0.29, 0.717) is 22.6 Å². The van der Waals surface area contributed by atoms with Gasteiger partial charge in [-0.05, 0) is 58.7 Å². The van der Waals surface area contributed by atoms with Crippen molar-refractivity contribution in [2.24, 2.45) is 0 Å². The predicted molar refractivity (Wildman–Crippen MR) is 136 cm³/mol. The summed E-state index contributed by atoms with van der Waals surface area (Å²) in [6, 6.07) is 27.2. The maximum absolute atomic E-state index is 13.6. The van der Waals surface area contributed by atoms with Crippen molar-refractivity contribution >= 4 is 0 Å². The molecule has 0 spiro atoms. The van der Waals surface area contributed by atoms with Crippen LogP contribution in [0.15, 0.2) is 103 Å². The van der Waals surface area contributed by atoms with E-state index in [1.54, 1.807) is 60.7 Å². The number of aliphatic hydroxyl groups is 1. The van der Waals surface area contributed by atoms with Crippen LogP contribution in [0.4, 0.5) is 26.3 Å². The van der Waals surface area contributed by atoms with Crippen LogP contribution in [-0.2, 0) is 19.3 Å². The largest absolute Gasteiger partial charge is 0.457 e. The first-order valence-electron chi connectivity index (χ1n) is 12.0. The highest BCUT2D eigenvalue weighted by atomic mass is 19.4. The van der Waals surface area contributed by atoms with Crippen molar-refractivity contribution in [3.05, 3.63) is 120 Å². The van der Waals surface area contributed by atoms with Crippen LogP contribution in [0.2, 0.25) is 0 Å². The summed E-state index contributed by atoms with van der Waals surface area (Å²) in [6.07, 6.45) is -12.0. The Balaban J connectivity index is 1.59. The van der Waals surface area contributed by atoms with Gasteiger partial charge in [-0.1, -0.05) is 66.7 Å². The molecule has 3 nitrogen and oxygen atoms in total. The van der Waals surface area contributed by atoms with Crippen LogP contribution in [0.5, 0.6) is 11.5 Å². The highest BCUT2D eigenvalue weighted by molar-refractivity contribution is 5.68. The molecule has 0 radical (unpaired) electrons. The summed E-state index contributed by atoms with van der Waals surface area (Å²) in [7, 11) is 0. The van der Waals surface area contributed by atoms with Crippen molar-refractivity contribution in [1.29, 1.82) is 0 Å². The molecule has 4 aromatic rings. The summed E-state index contributed by atoms with van der Waals surface area (Å²) < 4.78 is 86.2. The van der Waals surface area contributed by atoms with Crippen LogP contribution >= 0.6 is 0 Å². The van der Waals surface area contributed by atoms with Gasteiger partial charge in [-0.25, -0.2) is 0 Å². The zero-order valence-electron chi connectivity index (χ0n) is 20.6. The second-order valence-corrected chi connectivity index (χ2v) is 9.03. The molecule has 0 heterocycles. The quantitative estimate of drug-likeness (QED) is 0.216. The second-order valence-electron chi connectivity index (χ2n) is 9.03. The average molecular weight is 546 g/mol. The normalized spacial score (nSPS) is 12.9. The van der Waals surface area contributed by atoms with Gasteiger partial charge in [0.15, 0.2) is 6.10 Å². The Morgan fingerprint density at radius 2 is 1.26 bits per heavy atom. The molecular weight excluding hydrogens is 520 g/mol. The van der Waals surface area contributed by atoms with Gasteiger partial charge in [0.05, 0.1) is 5.56 Å². The Labute approximate surface area is 221 Å². The standard InChI is InChI=1S/C30H25F6NO2/c31-29(32,33)27-15-5-4-14-26(27)23-10-6-8-21(16-23)18-37(20-28(38)30(34,35)36)19-22-9-7-13-25(17-22)39-24-11-2-1-3-12-24/h1-17,28,38H,18-20H2. The lowest BCUT2D eigenvalue weighted by Gasteiger charge is -2.27. The lowest BCUT2D eigenvalue weighted by Crippen LogP contribution is -2.40. The molecule has 1 unspecified atom stereocenters. The number of hydrogen-bond donors (Lipinski definition) is 1. The number of aliphatic hydroxyl groups excluding tert-OH is 1. The number of hydrogen-bond acceptors (Lipinski definition) is 3. The molecule has 204 valence electrons. The molecule has 39 heavy (non-hydrogen) atoms. The van der Waals surface area contributed by atoms with Gasteiger partial charge in [-0.2, -0.15) is 26.3 Å². The number of ether oxygens (including phenoxy) is 1. The molecule has 1 N–H and O–H groups in total. The molecule has 0 amide bonds. The zero-order chi connectivity index (χ0) is 28.0. The molecule has 0 bridgehead atoms. The molecule has 9 heteroatoms. The monoisotopic (exact) mass is 545 g/mol. The second kappa shape index (κ2) is 11.9. The number of rotatable bonds is 9.